The predicted molar refractivity (Wildman–Crippen MR) is 154 cm³/mol. The second-order valence-electron chi connectivity index (χ2n) is 8.93. The average molecular weight is 572 g/mol. The highest BCUT2D eigenvalue weighted by Gasteiger charge is 2.18. The number of fused-ring (bicyclic) bond motifs is 1. The Bertz CT molecular complexity index is 1830. The molecule has 0 spiro atoms. The van der Waals surface area contributed by atoms with Crippen molar-refractivity contribution in [2.75, 3.05) is 11.9 Å². The van der Waals surface area contributed by atoms with Gasteiger partial charge >= 0.3 is 0 Å². The molecule has 5 aromatic rings. The third kappa shape index (κ3) is 6.07. The van der Waals surface area contributed by atoms with E-state index in [2.05, 4.69) is 20.6 Å². The van der Waals surface area contributed by atoms with Gasteiger partial charge in [-0.2, -0.15) is 0 Å². The lowest BCUT2D eigenvalue weighted by Gasteiger charge is -2.13. The molecule has 0 saturated carbocycles. The fraction of sp³-hybridized carbons (Fsp3) is 0.100. The maximum atomic E-state index is 15.0. The summed E-state index contributed by atoms with van der Waals surface area (Å²) >= 11 is 6.02. The summed E-state index contributed by atoms with van der Waals surface area (Å²) in [6, 6.07) is 16.8. The Morgan fingerprint density at radius 3 is 2.56 bits per heavy atom. The summed E-state index contributed by atoms with van der Waals surface area (Å²) in [5.41, 5.74) is 0.570. The molecule has 3 heterocycles. The van der Waals surface area contributed by atoms with Crippen molar-refractivity contribution in [1.29, 1.82) is 0 Å². The molecule has 0 radical (unpaired) electrons. The SMILES string of the molecule is CCCNC(=O)c1cc(Oc2ccc(NC(=O)c3cn(-c4ccc(Cl)cc4)c4ncccc4c3=O)cc2F)ccn1. The molecule has 0 fully saturated rings. The molecule has 2 N–H and O–H groups in total. The molecule has 0 unspecified atom stereocenters. The lowest BCUT2D eigenvalue weighted by molar-refractivity contribution is 0.0947. The van der Waals surface area contributed by atoms with Crippen LogP contribution in [-0.4, -0.2) is 32.9 Å². The molecule has 0 saturated heterocycles. The first-order valence-electron chi connectivity index (χ1n) is 12.6. The second-order valence-corrected chi connectivity index (χ2v) is 9.36. The Morgan fingerprint density at radius 1 is 1.00 bits per heavy atom. The zero-order chi connectivity index (χ0) is 28.9. The number of ether oxygens (including phenoxy) is 1. The Morgan fingerprint density at radius 2 is 1.80 bits per heavy atom. The number of amides is 2. The highest BCUT2D eigenvalue weighted by atomic mass is 35.5. The van der Waals surface area contributed by atoms with E-state index >= 15 is 0 Å². The molecule has 5 rings (SSSR count). The molecule has 0 atom stereocenters. The summed E-state index contributed by atoms with van der Waals surface area (Å²) in [4.78, 5) is 46.9. The minimum atomic E-state index is -0.766. The van der Waals surface area contributed by atoms with Gasteiger partial charge in [0.1, 0.15) is 22.7 Å². The lowest BCUT2D eigenvalue weighted by atomic mass is 10.1. The number of pyridine rings is 3. The maximum Gasteiger partial charge on any atom is 0.270 e. The second kappa shape index (κ2) is 12.0. The summed E-state index contributed by atoms with van der Waals surface area (Å²) in [6.07, 6.45) is 5.10. The Labute approximate surface area is 238 Å². The van der Waals surface area contributed by atoms with E-state index in [9.17, 15) is 18.8 Å². The first-order valence-corrected chi connectivity index (χ1v) is 13.0. The standard InChI is InChI=1S/C30H23ClFN5O4/c1-2-12-35-30(40)25-16-21(11-14-33-25)41-26-10-7-19(15-24(26)32)36-29(39)23-17-37(20-8-5-18(31)6-9-20)28-22(27(23)38)4-3-13-34-28/h3-11,13-17H,2,12H2,1H3,(H,35,40)(H,36,39). The average Bonchev–Trinajstić information content (AvgIpc) is 2.98. The molecule has 0 aliphatic heterocycles. The molecular weight excluding hydrogens is 549 g/mol. The van der Waals surface area contributed by atoms with E-state index in [-0.39, 0.29) is 39.7 Å². The molecule has 3 aromatic heterocycles. The van der Waals surface area contributed by atoms with E-state index in [4.69, 9.17) is 16.3 Å². The zero-order valence-electron chi connectivity index (χ0n) is 21.7. The van der Waals surface area contributed by atoms with Crippen LogP contribution >= 0.6 is 11.6 Å². The van der Waals surface area contributed by atoms with Crippen molar-refractivity contribution in [3.05, 3.63) is 118 Å². The van der Waals surface area contributed by atoms with Gasteiger partial charge in [-0.05, 0) is 61.0 Å². The van der Waals surface area contributed by atoms with Crippen molar-refractivity contribution >= 4 is 40.1 Å². The van der Waals surface area contributed by atoms with Crippen molar-refractivity contribution in [2.45, 2.75) is 13.3 Å². The van der Waals surface area contributed by atoms with Crippen LogP contribution in [0, 0.1) is 5.82 Å². The van der Waals surface area contributed by atoms with Crippen molar-refractivity contribution in [2.24, 2.45) is 0 Å². The van der Waals surface area contributed by atoms with Crippen molar-refractivity contribution in [1.82, 2.24) is 19.9 Å². The topological polar surface area (TPSA) is 115 Å². The van der Waals surface area contributed by atoms with Crippen LogP contribution < -0.4 is 20.8 Å². The van der Waals surface area contributed by atoms with Crippen molar-refractivity contribution < 1.29 is 18.7 Å². The highest BCUT2D eigenvalue weighted by Crippen LogP contribution is 2.27. The van der Waals surface area contributed by atoms with Gasteiger partial charge in [-0.15, -0.1) is 0 Å². The number of carbonyl (C=O) groups excluding carboxylic acids is 2. The number of carbonyl (C=O) groups is 2. The molecule has 11 heteroatoms. The molecule has 2 aromatic carbocycles. The summed E-state index contributed by atoms with van der Waals surface area (Å²) in [6.45, 7) is 2.43. The third-order valence-corrected chi connectivity index (χ3v) is 6.28. The monoisotopic (exact) mass is 571 g/mol. The van der Waals surface area contributed by atoms with Gasteiger partial charge in [0.05, 0.1) is 5.39 Å². The number of aromatic nitrogens is 3. The van der Waals surface area contributed by atoms with E-state index in [1.807, 2.05) is 6.92 Å². The van der Waals surface area contributed by atoms with Gasteiger partial charge < -0.3 is 19.9 Å². The van der Waals surface area contributed by atoms with Crippen LogP contribution in [-0.2, 0) is 0 Å². The molecule has 206 valence electrons. The molecule has 2 amide bonds. The Hall–Kier alpha value is -5.09. The van der Waals surface area contributed by atoms with E-state index in [0.717, 1.165) is 12.5 Å². The maximum absolute atomic E-state index is 15.0. The Balaban J connectivity index is 1.39. The van der Waals surface area contributed by atoms with Gasteiger partial charge in [-0.25, -0.2) is 9.37 Å². The number of hydrogen-bond donors (Lipinski definition) is 2. The minimum absolute atomic E-state index is 0.109. The summed E-state index contributed by atoms with van der Waals surface area (Å²) in [5, 5.41) is 6.06. The third-order valence-electron chi connectivity index (χ3n) is 6.03. The van der Waals surface area contributed by atoms with E-state index in [1.165, 1.54) is 36.7 Å². The van der Waals surface area contributed by atoms with Gasteiger partial charge in [-0.3, -0.25) is 19.4 Å². The van der Waals surface area contributed by atoms with E-state index in [0.29, 0.717) is 22.9 Å². The smallest absolute Gasteiger partial charge is 0.270 e. The van der Waals surface area contributed by atoms with Crippen LogP contribution in [0.25, 0.3) is 16.7 Å². The van der Waals surface area contributed by atoms with Crippen LogP contribution in [0.2, 0.25) is 5.02 Å². The highest BCUT2D eigenvalue weighted by molar-refractivity contribution is 6.30. The molecular formula is C30H23ClFN5O4. The number of anilines is 1. The number of rotatable bonds is 8. The quantitative estimate of drug-likeness (QED) is 0.245. The van der Waals surface area contributed by atoms with Crippen LogP contribution in [0.5, 0.6) is 11.5 Å². The summed E-state index contributed by atoms with van der Waals surface area (Å²) in [5.74, 6) is -1.78. The minimum Gasteiger partial charge on any atom is -0.454 e. The fourth-order valence-electron chi connectivity index (χ4n) is 4.04. The number of halogens is 2. The number of nitrogens with one attached hydrogen (secondary N) is 2. The van der Waals surface area contributed by atoms with Crippen LogP contribution in [0.3, 0.4) is 0 Å². The number of benzene rings is 2. The van der Waals surface area contributed by atoms with Crippen molar-refractivity contribution in [3.8, 4) is 17.2 Å². The van der Waals surface area contributed by atoms with Crippen LogP contribution in [0.4, 0.5) is 10.1 Å². The van der Waals surface area contributed by atoms with E-state index < -0.39 is 17.2 Å². The van der Waals surface area contributed by atoms with Gasteiger partial charge in [-0.1, -0.05) is 18.5 Å². The van der Waals surface area contributed by atoms with Crippen LogP contribution in [0.15, 0.2) is 90.1 Å². The van der Waals surface area contributed by atoms with Gasteiger partial charge in [0.25, 0.3) is 11.8 Å². The molecule has 0 bridgehead atoms. The number of nitrogens with zero attached hydrogens (tertiary/aromatic N) is 3. The Kier molecular flexibility index (Phi) is 8.02. The molecule has 0 aliphatic rings. The summed E-state index contributed by atoms with van der Waals surface area (Å²) in [7, 11) is 0. The normalized spacial score (nSPS) is 10.8. The van der Waals surface area contributed by atoms with Gasteiger partial charge in [0.15, 0.2) is 11.6 Å². The lowest BCUT2D eigenvalue weighted by Crippen LogP contribution is -2.24. The van der Waals surface area contributed by atoms with E-state index in [1.54, 1.807) is 47.2 Å². The summed E-state index contributed by atoms with van der Waals surface area (Å²) < 4.78 is 22.2. The molecule has 0 aliphatic carbocycles. The molecule has 9 nitrogen and oxygen atoms in total. The first kappa shape index (κ1) is 27.5. The largest absolute Gasteiger partial charge is 0.454 e. The molecule has 41 heavy (non-hydrogen) atoms. The van der Waals surface area contributed by atoms with Gasteiger partial charge in [0, 0.05) is 53.7 Å². The predicted octanol–water partition coefficient (Wildman–Crippen LogP) is 5.76. The first-order chi connectivity index (χ1) is 19.8. The van der Waals surface area contributed by atoms with Crippen molar-refractivity contribution in [3.63, 3.8) is 0 Å². The number of hydrogen-bond acceptors (Lipinski definition) is 6. The fourth-order valence-corrected chi connectivity index (χ4v) is 4.16. The zero-order valence-corrected chi connectivity index (χ0v) is 22.5. The van der Waals surface area contributed by atoms with Gasteiger partial charge in [0.2, 0.25) is 5.43 Å². The van der Waals surface area contributed by atoms with Crippen LogP contribution in [0.1, 0.15) is 34.2 Å².